The van der Waals surface area contributed by atoms with E-state index in [2.05, 4.69) is 15.4 Å². The van der Waals surface area contributed by atoms with Crippen LogP contribution in [0.4, 0.5) is 11.8 Å². The lowest BCUT2D eigenvalue weighted by Crippen LogP contribution is -2.04. The topological polar surface area (TPSA) is 76.8 Å². The Kier molecular flexibility index (Phi) is 1.37. The molecule has 0 atom stereocenters. The fourth-order valence-electron chi connectivity index (χ4n) is 0.921. The molecule has 0 aromatic carbocycles. The first-order valence-corrected chi connectivity index (χ1v) is 3.79. The maximum absolute atomic E-state index is 5.45. The first-order chi connectivity index (χ1) is 5.66. The summed E-state index contributed by atoms with van der Waals surface area (Å²) in [6.07, 6.45) is 0. The van der Waals surface area contributed by atoms with Gasteiger partial charge in [-0.2, -0.15) is 4.98 Å². The molecule has 1 saturated heterocycles. The number of rotatable bonds is 1. The Balaban J connectivity index is 2.38. The summed E-state index contributed by atoms with van der Waals surface area (Å²) in [7, 11) is 0. The number of hydrogen-bond acceptors (Lipinski definition) is 4. The Morgan fingerprint density at radius 2 is 2.25 bits per heavy atom. The highest BCUT2D eigenvalue weighted by Crippen LogP contribution is 2.17. The summed E-state index contributed by atoms with van der Waals surface area (Å²) >= 11 is 4.85. The van der Waals surface area contributed by atoms with Gasteiger partial charge in [0.15, 0.2) is 5.82 Å². The van der Waals surface area contributed by atoms with Crippen LogP contribution < -0.4 is 16.2 Å². The summed E-state index contributed by atoms with van der Waals surface area (Å²) in [5, 5.41) is 2.33. The number of nitrogen functional groups attached to an aromatic ring is 1. The largest absolute Gasteiger partial charge is 0.368 e. The predicted molar refractivity (Wildman–Crippen MR) is 49.4 cm³/mol. The van der Waals surface area contributed by atoms with Crippen molar-refractivity contribution in [2.75, 3.05) is 10.7 Å². The minimum absolute atomic E-state index is 0.265. The average Bonchev–Trinajstić information content (AvgIpc) is 2.64. The molecule has 0 bridgehead atoms. The fourth-order valence-corrected chi connectivity index (χ4v) is 1.11. The quantitative estimate of drug-likeness (QED) is 0.468. The molecule has 3 N–H and O–H groups in total. The van der Waals surface area contributed by atoms with Crippen LogP contribution in [0.5, 0.6) is 0 Å². The molecular formula is C6H7N5S. The third-order valence-electron chi connectivity index (χ3n) is 1.45. The van der Waals surface area contributed by atoms with Gasteiger partial charge in [-0.1, -0.05) is 0 Å². The molecule has 12 heavy (non-hydrogen) atoms. The van der Waals surface area contributed by atoms with Crippen LogP contribution in [0.1, 0.15) is 5.69 Å². The smallest absolute Gasteiger partial charge is 0.222 e. The van der Waals surface area contributed by atoms with Crippen molar-refractivity contribution in [2.24, 2.45) is 0 Å². The highest BCUT2D eigenvalue weighted by Gasteiger charge is 2.27. The zero-order valence-electron chi connectivity index (χ0n) is 6.40. The summed E-state index contributed by atoms with van der Waals surface area (Å²) in [6.45, 7) is 1.86. The van der Waals surface area contributed by atoms with E-state index >= 15 is 0 Å². The zero-order valence-corrected chi connectivity index (χ0v) is 7.22. The number of nitrogens with zero attached hydrogens (tertiary/aromatic N) is 3. The van der Waals surface area contributed by atoms with Crippen molar-refractivity contribution in [3.05, 3.63) is 11.8 Å². The van der Waals surface area contributed by atoms with Crippen molar-refractivity contribution in [1.82, 2.24) is 15.4 Å². The highest BCUT2D eigenvalue weighted by atomic mass is 32.1. The number of aryl methyl sites for hydroxylation is 1. The van der Waals surface area contributed by atoms with Crippen molar-refractivity contribution >= 4 is 29.1 Å². The Hall–Kier alpha value is -1.43. The molecular weight excluding hydrogens is 174 g/mol. The molecule has 2 rings (SSSR count). The highest BCUT2D eigenvalue weighted by molar-refractivity contribution is 7.81. The third-order valence-corrected chi connectivity index (χ3v) is 1.72. The van der Waals surface area contributed by atoms with Gasteiger partial charge in [0, 0.05) is 11.8 Å². The average molecular weight is 181 g/mol. The molecule has 1 aromatic rings. The van der Waals surface area contributed by atoms with E-state index in [0.717, 1.165) is 5.69 Å². The van der Waals surface area contributed by atoms with E-state index in [1.54, 1.807) is 5.01 Å². The van der Waals surface area contributed by atoms with Gasteiger partial charge in [-0.05, 0) is 19.1 Å². The lowest BCUT2D eigenvalue weighted by molar-refractivity contribution is 1.08. The molecule has 0 saturated carbocycles. The SMILES string of the molecule is Cc1cc(N2NC2=S)nc(N)n1. The summed E-state index contributed by atoms with van der Waals surface area (Å²) in [5.74, 6) is 0.964. The number of nitrogens with one attached hydrogen (secondary N) is 1. The lowest BCUT2D eigenvalue weighted by Gasteiger charge is -1.99. The van der Waals surface area contributed by atoms with Crippen LogP contribution in [0, 0.1) is 6.92 Å². The molecule has 1 aliphatic rings. The molecule has 0 amide bonds. The summed E-state index contributed by atoms with van der Waals surface area (Å²) in [4.78, 5) is 7.93. The van der Waals surface area contributed by atoms with Crippen LogP contribution in [-0.4, -0.2) is 15.1 Å². The van der Waals surface area contributed by atoms with Gasteiger partial charge in [0.2, 0.25) is 11.1 Å². The summed E-state index contributed by atoms with van der Waals surface area (Å²) in [6, 6.07) is 1.81. The third kappa shape index (κ3) is 1.16. The molecule has 0 aliphatic carbocycles. The van der Waals surface area contributed by atoms with Crippen LogP contribution in [0.3, 0.4) is 0 Å². The van der Waals surface area contributed by atoms with E-state index in [-0.39, 0.29) is 5.95 Å². The van der Waals surface area contributed by atoms with Crippen LogP contribution in [0.25, 0.3) is 0 Å². The second kappa shape index (κ2) is 2.28. The standard InChI is InChI=1S/C6H7N5S/c1-3-2-4(9-5(7)8-3)11-6(12)10-11/h2H,1H3,(H,10,12)(H2,7,8,9). The van der Waals surface area contributed by atoms with Gasteiger partial charge >= 0.3 is 0 Å². The van der Waals surface area contributed by atoms with Crippen molar-refractivity contribution in [3.63, 3.8) is 0 Å². The van der Waals surface area contributed by atoms with E-state index in [1.807, 2.05) is 13.0 Å². The number of anilines is 2. The van der Waals surface area contributed by atoms with Crippen LogP contribution in [-0.2, 0) is 0 Å². The van der Waals surface area contributed by atoms with Gasteiger partial charge in [0.25, 0.3) is 0 Å². The molecule has 2 heterocycles. The van der Waals surface area contributed by atoms with Crippen molar-refractivity contribution in [1.29, 1.82) is 0 Å². The van der Waals surface area contributed by atoms with E-state index in [1.165, 1.54) is 0 Å². The van der Waals surface area contributed by atoms with Gasteiger partial charge < -0.3 is 5.73 Å². The normalized spacial score (nSPS) is 14.4. The Morgan fingerprint density at radius 3 is 2.75 bits per heavy atom. The van der Waals surface area contributed by atoms with E-state index < -0.39 is 0 Å². The van der Waals surface area contributed by atoms with Gasteiger partial charge in [0.1, 0.15) is 0 Å². The fraction of sp³-hybridized carbons (Fsp3) is 0.167. The Morgan fingerprint density at radius 1 is 1.58 bits per heavy atom. The van der Waals surface area contributed by atoms with Crippen molar-refractivity contribution < 1.29 is 0 Å². The minimum atomic E-state index is 0.265. The van der Waals surface area contributed by atoms with Gasteiger partial charge in [0.05, 0.1) is 0 Å². The van der Waals surface area contributed by atoms with E-state index in [0.29, 0.717) is 10.9 Å². The Bertz CT molecular complexity index is 330. The van der Waals surface area contributed by atoms with Gasteiger partial charge in [-0.3, -0.25) is 5.43 Å². The van der Waals surface area contributed by atoms with Gasteiger partial charge in [-0.15, -0.1) is 0 Å². The summed E-state index contributed by atoms with van der Waals surface area (Å²) < 4.78 is 0. The summed E-state index contributed by atoms with van der Waals surface area (Å²) in [5.41, 5.74) is 9.10. The number of thiocarbonyl (C=S) groups is 1. The molecule has 0 spiro atoms. The molecule has 1 fully saturated rings. The van der Waals surface area contributed by atoms with Crippen molar-refractivity contribution in [2.45, 2.75) is 6.92 Å². The molecule has 1 aliphatic heterocycles. The zero-order chi connectivity index (χ0) is 8.72. The number of hydrazine groups is 1. The maximum atomic E-state index is 5.45. The lowest BCUT2D eigenvalue weighted by atomic mass is 10.4. The monoisotopic (exact) mass is 181 g/mol. The first kappa shape index (κ1) is 7.23. The van der Waals surface area contributed by atoms with E-state index in [4.69, 9.17) is 18.0 Å². The van der Waals surface area contributed by atoms with Gasteiger partial charge in [-0.25, -0.2) is 9.99 Å². The Labute approximate surface area is 74.6 Å². The van der Waals surface area contributed by atoms with Crippen LogP contribution >= 0.6 is 12.2 Å². The predicted octanol–water partition coefficient (Wildman–Crippen LogP) is -0.0233. The second-order valence-electron chi connectivity index (χ2n) is 2.48. The molecule has 0 radical (unpaired) electrons. The molecule has 62 valence electrons. The van der Waals surface area contributed by atoms with Crippen molar-refractivity contribution in [3.8, 4) is 0 Å². The molecule has 1 aromatic heterocycles. The molecule has 0 unspecified atom stereocenters. The number of aromatic nitrogens is 2. The van der Waals surface area contributed by atoms with Crippen LogP contribution in [0.2, 0.25) is 0 Å². The molecule has 6 heteroatoms. The van der Waals surface area contributed by atoms with E-state index in [9.17, 15) is 0 Å². The van der Waals surface area contributed by atoms with Crippen LogP contribution in [0.15, 0.2) is 6.07 Å². The first-order valence-electron chi connectivity index (χ1n) is 3.39. The maximum Gasteiger partial charge on any atom is 0.222 e. The number of hydrogen-bond donors (Lipinski definition) is 2. The minimum Gasteiger partial charge on any atom is -0.368 e. The second-order valence-corrected chi connectivity index (χ2v) is 2.86. The number of nitrogens with two attached hydrogens (primary N) is 1. The molecule has 5 nitrogen and oxygen atoms in total.